The van der Waals surface area contributed by atoms with Crippen LogP contribution in [0.15, 0.2) is 12.2 Å². The van der Waals surface area contributed by atoms with E-state index in [0.717, 1.165) is 5.92 Å². The molecule has 0 radical (unpaired) electrons. The van der Waals surface area contributed by atoms with Crippen molar-refractivity contribution in [3.63, 3.8) is 0 Å². The predicted octanol–water partition coefficient (Wildman–Crippen LogP) is 4.95. The summed E-state index contributed by atoms with van der Waals surface area (Å²) in [4.78, 5) is 0. The molecule has 0 aromatic rings. The van der Waals surface area contributed by atoms with Gasteiger partial charge in [-0.2, -0.15) is 0 Å². The van der Waals surface area contributed by atoms with Crippen LogP contribution in [-0.2, 0) is 0 Å². The zero-order valence-corrected chi connectivity index (χ0v) is 9.68. The Bertz CT molecular complexity index is 113. The molecule has 0 rings (SSSR count). The van der Waals surface area contributed by atoms with Gasteiger partial charge in [0.2, 0.25) is 0 Å². The molecular formula is C13H26. The maximum atomic E-state index is 2.39. The third-order valence-corrected chi connectivity index (χ3v) is 2.45. The first-order valence-corrected chi connectivity index (χ1v) is 5.97. The molecule has 0 nitrogen and oxygen atoms in total. The number of hydrogen-bond acceptors (Lipinski definition) is 0. The molecule has 0 amide bonds. The highest BCUT2D eigenvalue weighted by Crippen LogP contribution is 2.11. The van der Waals surface area contributed by atoms with Gasteiger partial charge in [-0.15, -0.1) is 0 Å². The highest BCUT2D eigenvalue weighted by atomic mass is 14.0. The number of allylic oxidation sites excluding steroid dienone is 2. The Morgan fingerprint density at radius 1 is 1.00 bits per heavy atom. The second-order valence-electron chi connectivity index (χ2n) is 4.04. The summed E-state index contributed by atoms with van der Waals surface area (Å²) < 4.78 is 0. The Labute approximate surface area is 84.4 Å². The van der Waals surface area contributed by atoms with Gasteiger partial charge < -0.3 is 0 Å². The molecule has 0 aliphatic heterocycles. The van der Waals surface area contributed by atoms with Crippen molar-refractivity contribution in [3.05, 3.63) is 12.2 Å². The van der Waals surface area contributed by atoms with Crippen molar-refractivity contribution < 1.29 is 0 Å². The number of hydrogen-bond donors (Lipinski definition) is 0. The molecule has 0 aromatic heterocycles. The van der Waals surface area contributed by atoms with Crippen molar-refractivity contribution in [2.75, 3.05) is 0 Å². The lowest BCUT2D eigenvalue weighted by atomic mass is 10.0. The van der Waals surface area contributed by atoms with E-state index in [0.29, 0.717) is 0 Å². The first-order valence-electron chi connectivity index (χ1n) is 5.97. The number of rotatable bonds is 8. The molecule has 0 N–H and O–H groups in total. The Hall–Kier alpha value is -0.260. The summed E-state index contributed by atoms with van der Waals surface area (Å²) in [6, 6.07) is 0. The molecule has 0 spiro atoms. The first kappa shape index (κ1) is 12.7. The van der Waals surface area contributed by atoms with Crippen LogP contribution < -0.4 is 0 Å². The van der Waals surface area contributed by atoms with Gasteiger partial charge in [-0.1, -0.05) is 65.0 Å². The van der Waals surface area contributed by atoms with Crippen LogP contribution >= 0.6 is 0 Å². The highest BCUT2D eigenvalue weighted by Gasteiger charge is 1.95. The van der Waals surface area contributed by atoms with Crippen molar-refractivity contribution in [2.45, 2.75) is 65.7 Å². The van der Waals surface area contributed by atoms with E-state index >= 15 is 0 Å². The fraction of sp³-hybridized carbons (Fsp3) is 0.846. The lowest BCUT2D eigenvalue weighted by molar-refractivity contribution is 0.574. The molecule has 0 heteroatoms. The lowest BCUT2D eigenvalue weighted by Gasteiger charge is -2.04. The fourth-order valence-corrected chi connectivity index (χ4v) is 1.46. The van der Waals surface area contributed by atoms with Gasteiger partial charge in [-0.25, -0.2) is 0 Å². The molecule has 0 aliphatic carbocycles. The minimum atomic E-state index is 0.795. The van der Waals surface area contributed by atoms with Gasteiger partial charge in [0.15, 0.2) is 0 Å². The predicted molar refractivity (Wildman–Crippen MR) is 62.0 cm³/mol. The molecule has 0 saturated heterocycles. The highest BCUT2D eigenvalue weighted by molar-refractivity contribution is 4.85. The fourth-order valence-electron chi connectivity index (χ4n) is 1.46. The van der Waals surface area contributed by atoms with Gasteiger partial charge >= 0.3 is 0 Å². The van der Waals surface area contributed by atoms with Crippen molar-refractivity contribution in [1.29, 1.82) is 0 Å². The molecule has 1 atom stereocenters. The summed E-state index contributed by atoms with van der Waals surface area (Å²) in [5, 5.41) is 0. The summed E-state index contributed by atoms with van der Waals surface area (Å²) >= 11 is 0. The second-order valence-corrected chi connectivity index (χ2v) is 4.04. The third kappa shape index (κ3) is 9.66. The van der Waals surface area contributed by atoms with Crippen LogP contribution in [0.4, 0.5) is 0 Å². The lowest BCUT2D eigenvalue weighted by Crippen LogP contribution is -1.89. The summed E-state index contributed by atoms with van der Waals surface area (Å²) in [5.74, 6) is 0.795. The van der Waals surface area contributed by atoms with Crippen molar-refractivity contribution in [3.8, 4) is 0 Å². The van der Waals surface area contributed by atoms with Crippen LogP contribution in [0.25, 0.3) is 0 Å². The zero-order valence-electron chi connectivity index (χ0n) is 9.68. The minimum Gasteiger partial charge on any atom is -0.0883 e. The van der Waals surface area contributed by atoms with Crippen molar-refractivity contribution in [2.24, 2.45) is 5.92 Å². The Kier molecular flexibility index (Phi) is 9.63. The molecule has 1 unspecified atom stereocenters. The molecule has 0 fully saturated rings. The molecule has 13 heavy (non-hydrogen) atoms. The van der Waals surface area contributed by atoms with E-state index in [-0.39, 0.29) is 0 Å². The normalized spacial score (nSPS) is 13.8. The standard InChI is InChI=1S/C13H26/c1-4-6-8-10-12-13(3)11-9-7-5-2/h10,12-13H,4-9,11H2,1-3H3. The smallest absolute Gasteiger partial charge is 0.0262 e. The van der Waals surface area contributed by atoms with Gasteiger partial charge in [-0.05, 0) is 18.8 Å². The molecule has 0 aromatic carbocycles. The van der Waals surface area contributed by atoms with Gasteiger partial charge in [0.05, 0.1) is 0 Å². The average molecular weight is 182 g/mol. The van der Waals surface area contributed by atoms with Crippen LogP contribution in [-0.4, -0.2) is 0 Å². The van der Waals surface area contributed by atoms with Crippen molar-refractivity contribution >= 4 is 0 Å². The summed E-state index contributed by atoms with van der Waals surface area (Å²) in [6.07, 6.45) is 14.2. The van der Waals surface area contributed by atoms with Crippen LogP contribution in [0.1, 0.15) is 65.7 Å². The van der Waals surface area contributed by atoms with E-state index in [9.17, 15) is 0 Å². The minimum absolute atomic E-state index is 0.795. The third-order valence-electron chi connectivity index (χ3n) is 2.45. The molecule has 0 saturated carbocycles. The van der Waals surface area contributed by atoms with Gasteiger partial charge in [-0.3, -0.25) is 0 Å². The maximum absolute atomic E-state index is 2.39. The Morgan fingerprint density at radius 3 is 2.31 bits per heavy atom. The summed E-state index contributed by atoms with van der Waals surface area (Å²) in [5.41, 5.74) is 0. The van der Waals surface area contributed by atoms with E-state index in [1.54, 1.807) is 0 Å². The van der Waals surface area contributed by atoms with E-state index in [2.05, 4.69) is 32.9 Å². The maximum Gasteiger partial charge on any atom is -0.0262 e. The second kappa shape index (κ2) is 9.83. The van der Waals surface area contributed by atoms with E-state index in [1.807, 2.05) is 0 Å². The Morgan fingerprint density at radius 2 is 1.69 bits per heavy atom. The van der Waals surface area contributed by atoms with Crippen LogP contribution in [0, 0.1) is 5.92 Å². The van der Waals surface area contributed by atoms with E-state index < -0.39 is 0 Å². The largest absolute Gasteiger partial charge is 0.0883 e. The van der Waals surface area contributed by atoms with Gasteiger partial charge in [0.25, 0.3) is 0 Å². The van der Waals surface area contributed by atoms with E-state index in [4.69, 9.17) is 0 Å². The van der Waals surface area contributed by atoms with Gasteiger partial charge in [0, 0.05) is 0 Å². The first-order chi connectivity index (χ1) is 6.31. The quantitative estimate of drug-likeness (QED) is 0.368. The van der Waals surface area contributed by atoms with Crippen LogP contribution in [0.2, 0.25) is 0 Å². The monoisotopic (exact) mass is 182 g/mol. The molecular weight excluding hydrogens is 156 g/mol. The average Bonchev–Trinajstić information content (AvgIpc) is 2.13. The Balaban J connectivity index is 3.27. The summed E-state index contributed by atoms with van der Waals surface area (Å²) in [6.45, 7) is 6.85. The number of unbranched alkanes of at least 4 members (excludes halogenated alkanes) is 4. The van der Waals surface area contributed by atoms with Gasteiger partial charge in [0.1, 0.15) is 0 Å². The molecule has 78 valence electrons. The summed E-state index contributed by atoms with van der Waals surface area (Å²) in [7, 11) is 0. The molecule has 0 aliphatic rings. The van der Waals surface area contributed by atoms with Crippen LogP contribution in [0.5, 0.6) is 0 Å². The topological polar surface area (TPSA) is 0 Å². The SMILES string of the molecule is CCCCC=CC(C)CCCCC. The van der Waals surface area contributed by atoms with Crippen molar-refractivity contribution in [1.82, 2.24) is 0 Å². The van der Waals surface area contributed by atoms with Crippen LogP contribution in [0.3, 0.4) is 0 Å². The zero-order chi connectivity index (χ0) is 9.94. The molecule has 0 bridgehead atoms. The van der Waals surface area contributed by atoms with E-state index in [1.165, 1.54) is 44.9 Å². The molecule has 0 heterocycles.